The molecule has 0 saturated heterocycles. The van der Waals surface area contributed by atoms with E-state index in [1.165, 1.54) is 24.9 Å². The van der Waals surface area contributed by atoms with Gasteiger partial charge < -0.3 is 9.47 Å². The summed E-state index contributed by atoms with van der Waals surface area (Å²) in [5, 5.41) is 0. The average molecular weight is 226 g/mol. The first-order chi connectivity index (χ1) is 7.58. The van der Waals surface area contributed by atoms with E-state index in [-0.39, 0.29) is 30.5 Å². The number of nitrogens with zero attached hydrogens (tertiary/aromatic N) is 2. The van der Waals surface area contributed by atoms with Gasteiger partial charge in [0.05, 0.1) is 13.7 Å². The molecule has 1 heterocycles. The third-order valence-electron chi connectivity index (χ3n) is 1.92. The fourth-order valence-electron chi connectivity index (χ4n) is 1.28. The zero-order chi connectivity index (χ0) is 12.1. The topological polar surface area (TPSA) is 70.4 Å². The second-order valence-electron chi connectivity index (χ2n) is 3.28. The molecule has 0 atom stereocenters. The van der Waals surface area contributed by atoms with Gasteiger partial charge in [-0.15, -0.1) is 0 Å². The lowest BCUT2D eigenvalue weighted by Gasteiger charge is -2.09. The fourth-order valence-corrected chi connectivity index (χ4v) is 1.28. The monoisotopic (exact) mass is 226 g/mol. The van der Waals surface area contributed by atoms with E-state index in [9.17, 15) is 9.59 Å². The molecular weight excluding hydrogens is 212 g/mol. The van der Waals surface area contributed by atoms with E-state index >= 15 is 0 Å². The summed E-state index contributed by atoms with van der Waals surface area (Å²) in [4.78, 5) is 27.0. The Bertz CT molecular complexity index is 439. The summed E-state index contributed by atoms with van der Waals surface area (Å²) in [6.07, 6.45) is 0. The van der Waals surface area contributed by atoms with E-state index in [0.717, 1.165) is 0 Å². The first-order valence-electron chi connectivity index (χ1n) is 4.71. The van der Waals surface area contributed by atoms with Gasteiger partial charge in [-0.05, 0) is 6.92 Å². The Morgan fingerprint density at radius 3 is 2.75 bits per heavy atom. The van der Waals surface area contributed by atoms with Crippen molar-refractivity contribution in [2.24, 2.45) is 0 Å². The number of hydrogen-bond acceptors (Lipinski definition) is 5. The van der Waals surface area contributed by atoms with Crippen LogP contribution in [0.1, 0.15) is 5.69 Å². The third-order valence-corrected chi connectivity index (χ3v) is 1.92. The SMILES string of the molecule is COCC(=O)Cn1c(OC)nc(C)cc1=O. The molecule has 0 unspecified atom stereocenters. The van der Waals surface area contributed by atoms with Crippen LogP contribution in [0.25, 0.3) is 0 Å². The Morgan fingerprint density at radius 2 is 2.19 bits per heavy atom. The molecule has 0 spiro atoms. The molecule has 6 heteroatoms. The van der Waals surface area contributed by atoms with Crippen molar-refractivity contribution in [1.29, 1.82) is 0 Å². The molecule has 1 aromatic heterocycles. The number of Topliss-reactive ketones (excluding diaryl/α,β-unsaturated/α-hetero) is 1. The number of carbonyl (C=O) groups excluding carboxylic acids is 1. The van der Waals surface area contributed by atoms with E-state index in [2.05, 4.69) is 9.72 Å². The van der Waals surface area contributed by atoms with E-state index < -0.39 is 0 Å². The second kappa shape index (κ2) is 5.41. The summed E-state index contributed by atoms with van der Waals surface area (Å²) in [7, 11) is 2.82. The van der Waals surface area contributed by atoms with Crippen LogP contribution in [0.3, 0.4) is 0 Å². The molecule has 0 radical (unpaired) electrons. The lowest BCUT2D eigenvalue weighted by molar-refractivity contribution is -0.123. The second-order valence-corrected chi connectivity index (χ2v) is 3.28. The summed E-state index contributed by atoms with van der Waals surface area (Å²) in [5.74, 6) is -0.214. The molecule has 0 aliphatic rings. The predicted molar refractivity (Wildman–Crippen MR) is 56.7 cm³/mol. The smallest absolute Gasteiger partial charge is 0.299 e. The molecule has 1 rings (SSSR count). The van der Waals surface area contributed by atoms with Gasteiger partial charge in [-0.25, -0.2) is 4.98 Å². The maximum Gasteiger partial charge on any atom is 0.299 e. The lowest BCUT2D eigenvalue weighted by atomic mass is 10.4. The maximum atomic E-state index is 11.6. The van der Waals surface area contributed by atoms with E-state index in [1.807, 2.05) is 0 Å². The van der Waals surface area contributed by atoms with Crippen LogP contribution in [-0.4, -0.2) is 36.2 Å². The molecule has 0 aromatic carbocycles. The van der Waals surface area contributed by atoms with Crippen molar-refractivity contribution in [3.05, 3.63) is 22.1 Å². The molecule has 0 aliphatic carbocycles. The molecule has 88 valence electrons. The maximum absolute atomic E-state index is 11.6. The number of aromatic nitrogens is 2. The minimum atomic E-state index is -0.311. The number of carbonyl (C=O) groups is 1. The summed E-state index contributed by atoms with van der Waals surface area (Å²) < 4.78 is 10.8. The Morgan fingerprint density at radius 1 is 1.50 bits per heavy atom. The van der Waals surface area contributed by atoms with Gasteiger partial charge in [0.15, 0.2) is 5.78 Å². The number of methoxy groups -OCH3 is 2. The van der Waals surface area contributed by atoms with Crippen LogP contribution in [0.4, 0.5) is 0 Å². The molecule has 1 aromatic rings. The molecule has 0 N–H and O–H groups in total. The van der Waals surface area contributed by atoms with E-state index in [1.54, 1.807) is 6.92 Å². The van der Waals surface area contributed by atoms with Crippen molar-refractivity contribution in [2.45, 2.75) is 13.5 Å². The van der Waals surface area contributed by atoms with Gasteiger partial charge in [0.25, 0.3) is 11.6 Å². The molecule has 0 amide bonds. The molecule has 6 nitrogen and oxygen atoms in total. The van der Waals surface area contributed by atoms with Crippen molar-refractivity contribution in [2.75, 3.05) is 20.8 Å². The number of rotatable bonds is 5. The number of aryl methyl sites for hydroxylation is 1. The highest BCUT2D eigenvalue weighted by atomic mass is 16.5. The van der Waals surface area contributed by atoms with Crippen molar-refractivity contribution < 1.29 is 14.3 Å². The van der Waals surface area contributed by atoms with Gasteiger partial charge in [-0.2, -0.15) is 0 Å². The fraction of sp³-hybridized carbons (Fsp3) is 0.500. The van der Waals surface area contributed by atoms with Crippen molar-refractivity contribution in [3.8, 4) is 6.01 Å². The van der Waals surface area contributed by atoms with Gasteiger partial charge in [0.1, 0.15) is 6.61 Å². The highest BCUT2D eigenvalue weighted by Crippen LogP contribution is 2.04. The lowest BCUT2D eigenvalue weighted by Crippen LogP contribution is -2.27. The normalized spacial score (nSPS) is 10.2. The largest absolute Gasteiger partial charge is 0.468 e. The molecule has 0 aliphatic heterocycles. The van der Waals surface area contributed by atoms with Crippen molar-refractivity contribution in [1.82, 2.24) is 9.55 Å². The highest BCUT2D eigenvalue weighted by Gasteiger charge is 2.11. The Balaban J connectivity index is 3.03. The quantitative estimate of drug-likeness (QED) is 0.694. The van der Waals surface area contributed by atoms with Crippen molar-refractivity contribution in [3.63, 3.8) is 0 Å². The summed E-state index contributed by atoms with van der Waals surface area (Å²) >= 11 is 0. The number of hydrogen-bond donors (Lipinski definition) is 0. The Kier molecular flexibility index (Phi) is 4.19. The molecular formula is C10H14N2O4. The van der Waals surface area contributed by atoms with Crippen LogP contribution in [0.15, 0.2) is 10.9 Å². The van der Waals surface area contributed by atoms with Gasteiger partial charge >= 0.3 is 0 Å². The van der Waals surface area contributed by atoms with Crippen LogP contribution in [0.2, 0.25) is 0 Å². The minimum Gasteiger partial charge on any atom is -0.468 e. The van der Waals surface area contributed by atoms with Crippen LogP contribution < -0.4 is 10.3 Å². The first kappa shape index (κ1) is 12.4. The highest BCUT2D eigenvalue weighted by molar-refractivity contribution is 5.79. The zero-order valence-electron chi connectivity index (χ0n) is 9.52. The Hall–Kier alpha value is -1.69. The first-order valence-corrected chi connectivity index (χ1v) is 4.71. The van der Waals surface area contributed by atoms with Crippen LogP contribution in [0.5, 0.6) is 6.01 Å². The van der Waals surface area contributed by atoms with Gasteiger partial charge in [-0.3, -0.25) is 14.2 Å². The molecule has 0 fully saturated rings. The van der Waals surface area contributed by atoms with Crippen LogP contribution in [0, 0.1) is 6.92 Å². The molecule has 0 saturated carbocycles. The van der Waals surface area contributed by atoms with E-state index in [4.69, 9.17) is 4.74 Å². The van der Waals surface area contributed by atoms with Crippen LogP contribution in [-0.2, 0) is 16.1 Å². The molecule has 0 bridgehead atoms. The third kappa shape index (κ3) is 2.90. The predicted octanol–water partition coefficient (Wildman–Crippen LogP) is -0.224. The van der Waals surface area contributed by atoms with Gasteiger partial charge in [0, 0.05) is 18.9 Å². The summed E-state index contributed by atoms with van der Waals surface area (Å²) in [6, 6.07) is 1.48. The van der Waals surface area contributed by atoms with E-state index in [0.29, 0.717) is 5.69 Å². The van der Waals surface area contributed by atoms with Crippen LogP contribution >= 0.6 is 0 Å². The van der Waals surface area contributed by atoms with Gasteiger partial charge in [-0.1, -0.05) is 0 Å². The number of ketones is 1. The summed E-state index contributed by atoms with van der Waals surface area (Å²) in [5.41, 5.74) is 0.242. The molecule has 16 heavy (non-hydrogen) atoms. The average Bonchev–Trinajstić information content (AvgIpc) is 2.22. The summed E-state index contributed by atoms with van der Waals surface area (Å²) in [6.45, 7) is 1.55. The Labute approximate surface area is 92.8 Å². The standard InChI is InChI=1S/C10H14N2O4/c1-7-4-9(14)12(10(11-7)16-3)5-8(13)6-15-2/h4H,5-6H2,1-3H3. The van der Waals surface area contributed by atoms with Crippen molar-refractivity contribution >= 4 is 5.78 Å². The number of ether oxygens (including phenoxy) is 2. The van der Waals surface area contributed by atoms with Gasteiger partial charge in [0.2, 0.25) is 0 Å². The minimum absolute atomic E-state index is 0.0382. The zero-order valence-corrected chi connectivity index (χ0v) is 9.52.